The van der Waals surface area contributed by atoms with E-state index in [0.29, 0.717) is 0 Å². The molecule has 3 aromatic heterocycles. The summed E-state index contributed by atoms with van der Waals surface area (Å²) in [7, 11) is 0. The topological polar surface area (TPSA) is 16.4 Å². The van der Waals surface area contributed by atoms with Crippen molar-refractivity contribution in [2.75, 3.05) is 4.90 Å². The zero-order chi connectivity index (χ0) is 28.8. The first-order valence-corrected chi connectivity index (χ1v) is 16.4. The molecule has 2 nitrogen and oxygen atoms in total. The van der Waals surface area contributed by atoms with Crippen LogP contribution in [0.15, 0.2) is 144 Å². The average Bonchev–Trinajstić information content (AvgIpc) is 3.75. The second kappa shape index (κ2) is 9.17. The molecule has 0 bridgehead atoms. The van der Waals surface area contributed by atoms with Gasteiger partial charge in [-0.3, -0.25) is 0 Å². The van der Waals surface area contributed by atoms with E-state index in [9.17, 15) is 0 Å². The number of thiophene rings is 2. The van der Waals surface area contributed by atoms with Gasteiger partial charge >= 0.3 is 0 Å². The summed E-state index contributed by atoms with van der Waals surface area (Å²) in [6.07, 6.45) is 0. The molecule has 0 spiro atoms. The number of rotatable bonds is 3. The van der Waals surface area contributed by atoms with Crippen LogP contribution in [0.25, 0.3) is 73.1 Å². The van der Waals surface area contributed by atoms with E-state index in [4.69, 9.17) is 4.42 Å². The molecule has 3 heterocycles. The first-order chi connectivity index (χ1) is 21.8. The molecule has 0 saturated heterocycles. The molecular formula is C40H23NOS2. The molecule has 0 fully saturated rings. The van der Waals surface area contributed by atoms with Gasteiger partial charge in [0, 0.05) is 68.2 Å². The van der Waals surface area contributed by atoms with Crippen molar-refractivity contribution in [3.63, 3.8) is 0 Å². The van der Waals surface area contributed by atoms with Crippen LogP contribution in [0.4, 0.5) is 17.1 Å². The van der Waals surface area contributed by atoms with Crippen LogP contribution in [0.3, 0.4) is 0 Å². The number of furan rings is 1. The summed E-state index contributed by atoms with van der Waals surface area (Å²) in [5.41, 5.74) is 5.24. The monoisotopic (exact) mass is 597 g/mol. The second-order valence-corrected chi connectivity index (χ2v) is 13.5. The summed E-state index contributed by atoms with van der Waals surface area (Å²) in [6.45, 7) is 0. The Bertz CT molecular complexity index is 2750. The van der Waals surface area contributed by atoms with Gasteiger partial charge in [-0.15, -0.1) is 22.7 Å². The standard InChI is InChI=1S/C40H23NOS2/c1-4-10-34-31(9-1)40-32-21-25(15-13-24(32)14-19-35(40)42-34)41(26-17-20-38-33(22-26)29-8-3-6-12-37(29)43-38)27-16-18-30-28-7-2-5-11-36(28)44-39(30)23-27/h1-23H. The van der Waals surface area contributed by atoms with E-state index in [-0.39, 0.29) is 0 Å². The Hall–Kier alpha value is -5.16. The zero-order valence-electron chi connectivity index (χ0n) is 23.5. The number of para-hydroxylation sites is 1. The molecule has 0 aliphatic carbocycles. The highest BCUT2D eigenvalue weighted by molar-refractivity contribution is 7.26. The average molecular weight is 598 g/mol. The van der Waals surface area contributed by atoms with E-state index in [0.717, 1.165) is 33.6 Å². The fraction of sp³-hybridized carbons (Fsp3) is 0. The molecule has 10 rings (SSSR count). The van der Waals surface area contributed by atoms with Crippen LogP contribution in [-0.2, 0) is 0 Å². The third kappa shape index (κ3) is 3.53. The maximum Gasteiger partial charge on any atom is 0.136 e. The molecule has 4 heteroatoms. The molecule has 0 amide bonds. The van der Waals surface area contributed by atoms with Crippen LogP contribution in [-0.4, -0.2) is 0 Å². The fourth-order valence-electron chi connectivity index (χ4n) is 6.82. The van der Waals surface area contributed by atoms with Crippen LogP contribution in [0, 0.1) is 0 Å². The van der Waals surface area contributed by atoms with Crippen molar-refractivity contribution >= 4 is 113 Å². The molecule has 0 unspecified atom stereocenters. The number of fused-ring (bicyclic) bond motifs is 11. The third-order valence-electron chi connectivity index (χ3n) is 8.84. The van der Waals surface area contributed by atoms with Crippen molar-refractivity contribution in [3.8, 4) is 0 Å². The van der Waals surface area contributed by atoms with Gasteiger partial charge in [0.15, 0.2) is 0 Å². The van der Waals surface area contributed by atoms with E-state index >= 15 is 0 Å². The van der Waals surface area contributed by atoms with Crippen molar-refractivity contribution in [2.24, 2.45) is 0 Å². The number of anilines is 3. The smallest absolute Gasteiger partial charge is 0.136 e. The molecule has 0 N–H and O–H groups in total. The van der Waals surface area contributed by atoms with Crippen LogP contribution in [0.2, 0.25) is 0 Å². The molecule has 44 heavy (non-hydrogen) atoms. The quantitative estimate of drug-likeness (QED) is 0.201. The zero-order valence-corrected chi connectivity index (χ0v) is 25.1. The summed E-state index contributed by atoms with van der Waals surface area (Å²) in [6, 6.07) is 50.7. The van der Waals surface area contributed by atoms with E-state index < -0.39 is 0 Å². The highest BCUT2D eigenvalue weighted by atomic mass is 32.1. The molecule has 0 radical (unpaired) electrons. The Morgan fingerprint density at radius 2 is 0.955 bits per heavy atom. The predicted molar refractivity (Wildman–Crippen MR) is 192 cm³/mol. The van der Waals surface area contributed by atoms with Gasteiger partial charge in [0.25, 0.3) is 0 Å². The Morgan fingerprint density at radius 3 is 1.80 bits per heavy atom. The highest BCUT2D eigenvalue weighted by Crippen LogP contribution is 2.44. The molecule has 0 aliphatic rings. The van der Waals surface area contributed by atoms with Gasteiger partial charge in [0.1, 0.15) is 11.2 Å². The summed E-state index contributed by atoms with van der Waals surface area (Å²) >= 11 is 3.72. The minimum atomic E-state index is 0.917. The van der Waals surface area contributed by atoms with Gasteiger partial charge in [-0.2, -0.15) is 0 Å². The second-order valence-electron chi connectivity index (χ2n) is 11.3. The van der Waals surface area contributed by atoms with E-state index in [1.807, 2.05) is 28.7 Å². The molecule has 10 aromatic rings. The van der Waals surface area contributed by atoms with Crippen molar-refractivity contribution in [1.29, 1.82) is 0 Å². The molecule has 0 saturated carbocycles. The van der Waals surface area contributed by atoms with Crippen LogP contribution >= 0.6 is 22.7 Å². The number of hydrogen-bond donors (Lipinski definition) is 0. The Morgan fingerprint density at radius 1 is 0.386 bits per heavy atom. The van der Waals surface area contributed by atoms with Crippen molar-refractivity contribution in [2.45, 2.75) is 0 Å². The van der Waals surface area contributed by atoms with E-state index in [1.54, 1.807) is 0 Å². The minimum absolute atomic E-state index is 0.917. The SMILES string of the molecule is c1ccc2c(c1)oc1ccc3ccc(N(c4ccc5c(c4)sc4ccccc45)c4ccc5sc6ccccc6c5c4)cc3c12. The lowest BCUT2D eigenvalue weighted by atomic mass is 10.0. The van der Waals surface area contributed by atoms with Gasteiger partial charge in [0.05, 0.1) is 0 Å². The van der Waals surface area contributed by atoms with Gasteiger partial charge in [-0.05, 0) is 77.5 Å². The fourth-order valence-corrected chi connectivity index (χ4v) is 9.05. The third-order valence-corrected chi connectivity index (χ3v) is 11.1. The first kappa shape index (κ1) is 24.3. The van der Waals surface area contributed by atoms with Gasteiger partial charge < -0.3 is 9.32 Å². The molecule has 206 valence electrons. The van der Waals surface area contributed by atoms with Crippen LogP contribution < -0.4 is 4.90 Å². The molecule has 7 aromatic carbocycles. The number of hydrogen-bond acceptors (Lipinski definition) is 4. The van der Waals surface area contributed by atoms with Crippen molar-refractivity contribution in [1.82, 2.24) is 0 Å². The maximum absolute atomic E-state index is 6.28. The van der Waals surface area contributed by atoms with Crippen molar-refractivity contribution in [3.05, 3.63) is 140 Å². The summed E-state index contributed by atoms with van der Waals surface area (Å²) in [5.74, 6) is 0. The minimum Gasteiger partial charge on any atom is -0.456 e. The first-order valence-electron chi connectivity index (χ1n) is 14.8. The lowest BCUT2D eigenvalue weighted by molar-refractivity contribution is 0.669. The summed E-state index contributed by atoms with van der Waals surface area (Å²) < 4.78 is 11.5. The van der Waals surface area contributed by atoms with Gasteiger partial charge in [0.2, 0.25) is 0 Å². The van der Waals surface area contributed by atoms with Crippen LogP contribution in [0.1, 0.15) is 0 Å². The predicted octanol–water partition coefficient (Wildman–Crippen LogP) is 12.9. The molecule has 0 aliphatic heterocycles. The Labute approximate surface area is 260 Å². The Kier molecular flexibility index (Phi) is 5.06. The maximum atomic E-state index is 6.28. The number of nitrogens with zero attached hydrogens (tertiary/aromatic N) is 1. The molecule has 0 atom stereocenters. The van der Waals surface area contributed by atoms with Crippen molar-refractivity contribution < 1.29 is 4.42 Å². The molecular weight excluding hydrogens is 575 g/mol. The van der Waals surface area contributed by atoms with E-state index in [1.165, 1.54) is 56.5 Å². The summed E-state index contributed by atoms with van der Waals surface area (Å²) in [5, 5.41) is 9.93. The largest absolute Gasteiger partial charge is 0.456 e. The lowest BCUT2D eigenvalue weighted by Crippen LogP contribution is -2.09. The normalized spacial score (nSPS) is 12.1. The van der Waals surface area contributed by atoms with Gasteiger partial charge in [-0.25, -0.2) is 0 Å². The summed E-state index contributed by atoms with van der Waals surface area (Å²) in [4.78, 5) is 2.41. The lowest BCUT2D eigenvalue weighted by Gasteiger charge is -2.26. The van der Waals surface area contributed by atoms with Crippen LogP contribution in [0.5, 0.6) is 0 Å². The van der Waals surface area contributed by atoms with Gasteiger partial charge in [-0.1, -0.05) is 72.8 Å². The van der Waals surface area contributed by atoms with E-state index in [2.05, 4.69) is 138 Å². The highest BCUT2D eigenvalue weighted by Gasteiger charge is 2.18. The Balaban J connectivity index is 1.26. The number of benzene rings is 7.